The third-order valence-electron chi connectivity index (χ3n) is 3.51. The molecule has 2 aromatic rings. The van der Waals surface area contributed by atoms with Crippen molar-refractivity contribution in [2.75, 3.05) is 12.3 Å². The highest BCUT2D eigenvalue weighted by atomic mass is 31.3. The molecule has 1 saturated heterocycles. The Kier molecular flexibility index (Phi) is 5.14. The van der Waals surface area contributed by atoms with E-state index in [1.807, 2.05) is 0 Å². The molecule has 4 atom stereocenters. The quantitative estimate of drug-likeness (QED) is 0.372. The normalized spacial score (nSPS) is 26.2. The Morgan fingerprint density at radius 3 is 2.73 bits per heavy atom. The number of fused-ring (bicyclic) bond motifs is 1. The number of phosphoric ester groups is 1. The van der Waals surface area contributed by atoms with Crippen molar-refractivity contribution in [1.82, 2.24) is 19.5 Å². The predicted molar refractivity (Wildman–Crippen MR) is 83.2 cm³/mol. The molecule has 0 amide bonds. The number of anilines is 1. The lowest BCUT2D eigenvalue weighted by molar-refractivity contribution is -0.0423. The number of aliphatic hydroxyl groups excluding tert-OH is 1. The summed E-state index contributed by atoms with van der Waals surface area (Å²) in [6.07, 6.45) is -0.158. The van der Waals surface area contributed by atoms with E-state index in [0.29, 0.717) is 11.2 Å². The maximum absolute atomic E-state index is 11.5. The number of nitrogen functional groups attached to an aromatic ring is 1. The molecule has 1 aliphatic heterocycles. The second kappa shape index (κ2) is 6.93. The van der Waals surface area contributed by atoms with Crippen LogP contribution in [0, 0.1) is 0 Å². The fraction of sp³-hybridized carbons (Fsp3) is 0.500. The van der Waals surface area contributed by atoms with Crippen LogP contribution in [-0.2, 0) is 22.7 Å². The molecule has 1 fully saturated rings. The summed E-state index contributed by atoms with van der Waals surface area (Å²) >= 11 is 0. The molecule has 1 aliphatic rings. The maximum Gasteiger partial charge on any atom is 0.481 e. The van der Waals surface area contributed by atoms with E-state index in [1.165, 1.54) is 17.2 Å². The molecule has 3 heterocycles. The molecular weight excluding hydrogens is 396 g/mol. The van der Waals surface area contributed by atoms with E-state index in [9.17, 15) is 19.1 Å². The molecule has 0 spiro atoms. The third-order valence-corrected chi connectivity index (χ3v) is 5.66. The van der Waals surface area contributed by atoms with Crippen LogP contribution in [0.4, 0.5) is 5.82 Å². The fourth-order valence-electron chi connectivity index (χ4n) is 2.44. The summed E-state index contributed by atoms with van der Waals surface area (Å²) in [7, 11) is -10.3. The minimum absolute atomic E-state index is 0.0818. The fourth-order valence-corrected chi connectivity index (χ4v) is 4.04. The zero-order valence-electron chi connectivity index (χ0n) is 12.9. The first-order valence-corrected chi connectivity index (χ1v) is 10.1. The molecule has 0 radical (unpaired) electrons. The SMILES string of the molecule is Nc1ncnc2c1ncn2[C@H]1C[C@H](O)[C@H](COP(=O)(O)OP(=O)(O)O)O1. The smallest absolute Gasteiger partial charge is 0.390 e. The number of hydrogen-bond acceptors (Lipinski definition) is 10. The number of imidazole rings is 1. The van der Waals surface area contributed by atoms with Crippen LogP contribution in [-0.4, -0.2) is 58.1 Å². The molecule has 26 heavy (non-hydrogen) atoms. The third kappa shape index (κ3) is 4.26. The Morgan fingerprint density at radius 2 is 2.04 bits per heavy atom. The van der Waals surface area contributed by atoms with Gasteiger partial charge in [-0.2, -0.15) is 4.31 Å². The van der Waals surface area contributed by atoms with Crippen molar-refractivity contribution in [3.05, 3.63) is 12.7 Å². The highest BCUT2D eigenvalue weighted by molar-refractivity contribution is 7.60. The summed E-state index contributed by atoms with van der Waals surface area (Å²) in [6, 6.07) is 0. The van der Waals surface area contributed by atoms with Crippen molar-refractivity contribution in [2.24, 2.45) is 0 Å². The minimum Gasteiger partial charge on any atom is -0.390 e. The van der Waals surface area contributed by atoms with Gasteiger partial charge in [-0.25, -0.2) is 24.1 Å². The second-order valence-corrected chi connectivity index (χ2v) is 8.18. The van der Waals surface area contributed by atoms with Crippen LogP contribution in [0.2, 0.25) is 0 Å². The molecule has 0 saturated carbocycles. The molecule has 2 aromatic heterocycles. The highest BCUT2D eigenvalue weighted by Crippen LogP contribution is 2.57. The molecule has 14 nitrogen and oxygen atoms in total. The maximum atomic E-state index is 11.5. The van der Waals surface area contributed by atoms with Crippen molar-refractivity contribution in [3.63, 3.8) is 0 Å². The van der Waals surface area contributed by atoms with Gasteiger partial charge in [-0.3, -0.25) is 9.09 Å². The standard InChI is InChI=1S/C10H15N5O9P2/c11-9-8-10(13-3-12-9)15(4-14-8)7-1-5(16)6(23-7)2-22-26(20,21)24-25(17,18)19/h3-7,16H,1-2H2,(H,20,21)(H2,11,12,13)(H2,17,18,19)/t5-,6-,7+/m0/s1. The van der Waals surface area contributed by atoms with E-state index in [0.717, 1.165) is 0 Å². The van der Waals surface area contributed by atoms with Gasteiger partial charge in [0.05, 0.1) is 19.0 Å². The number of nitrogens with zero attached hydrogens (tertiary/aromatic N) is 4. The molecule has 144 valence electrons. The molecule has 6 N–H and O–H groups in total. The van der Waals surface area contributed by atoms with Crippen molar-refractivity contribution >= 4 is 32.6 Å². The van der Waals surface area contributed by atoms with Gasteiger partial charge in [0.2, 0.25) is 0 Å². The number of nitrogens with two attached hydrogens (primary N) is 1. The largest absolute Gasteiger partial charge is 0.481 e. The van der Waals surface area contributed by atoms with Crippen molar-refractivity contribution in [2.45, 2.75) is 24.9 Å². The summed E-state index contributed by atoms with van der Waals surface area (Å²) < 4.78 is 37.3. The molecule has 3 rings (SSSR count). The van der Waals surface area contributed by atoms with Gasteiger partial charge in [-0.15, -0.1) is 0 Å². The average Bonchev–Trinajstić information content (AvgIpc) is 3.07. The van der Waals surface area contributed by atoms with Gasteiger partial charge in [-0.1, -0.05) is 0 Å². The molecule has 0 aromatic carbocycles. The number of aliphatic hydroxyl groups is 1. The number of hydrogen-bond donors (Lipinski definition) is 5. The minimum atomic E-state index is -5.23. The second-order valence-electron chi connectivity index (χ2n) is 5.35. The first kappa shape index (κ1) is 19.3. The van der Waals surface area contributed by atoms with Crippen LogP contribution >= 0.6 is 15.6 Å². The summed E-state index contributed by atoms with van der Waals surface area (Å²) in [5, 5.41) is 10.1. The first-order chi connectivity index (χ1) is 12.1. The average molecular weight is 411 g/mol. The van der Waals surface area contributed by atoms with Crippen molar-refractivity contribution in [1.29, 1.82) is 0 Å². The van der Waals surface area contributed by atoms with E-state index in [2.05, 4.69) is 23.8 Å². The van der Waals surface area contributed by atoms with Crippen molar-refractivity contribution < 1.29 is 42.5 Å². The molecule has 0 aliphatic carbocycles. The Morgan fingerprint density at radius 1 is 1.31 bits per heavy atom. The highest BCUT2D eigenvalue weighted by Gasteiger charge is 2.39. The lowest BCUT2D eigenvalue weighted by atomic mass is 10.2. The summed E-state index contributed by atoms with van der Waals surface area (Å²) in [6.45, 7) is -0.644. The Bertz CT molecular complexity index is 900. The lowest BCUT2D eigenvalue weighted by Crippen LogP contribution is -2.26. The van der Waals surface area contributed by atoms with Crippen LogP contribution in [0.25, 0.3) is 11.2 Å². The number of rotatable bonds is 6. The van der Waals surface area contributed by atoms with Crippen LogP contribution in [0.3, 0.4) is 0 Å². The van der Waals surface area contributed by atoms with Gasteiger partial charge in [0, 0.05) is 6.42 Å². The zero-order chi connectivity index (χ0) is 19.1. The van der Waals surface area contributed by atoms with Crippen LogP contribution in [0.1, 0.15) is 12.6 Å². The van der Waals surface area contributed by atoms with Gasteiger partial charge in [0.15, 0.2) is 11.5 Å². The predicted octanol–water partition coefficient (Wildman–Crippen LogP) is -0.717. The summed E-state index contributed by atoms with van der Waals surface area (Å²) in [5.41, 5.74) is 6.41. The van der Waals surface area contributed by atoms with Crippen LogP contribution in [0.15, 0.2) is 12.7 Å². The monoisotopic (exact) mass is 411 g/mol. The zero-order valence-corrected chi connectivity index (χ0v) is 14.7. The topological polar surface area (TPSA) is 212 Å². The summed E-state index contributed by atoms with van der Waals surface area (Å²) in [5.74, 6) is 0.169. The Hall–Kier alpha value is -1.47. The number of aromatic nitrogens is 4. The van der Waals surface area contributed by atoms with Gasteiger partial charge in [0.25, 0.3) is 0 Å². The van der Waals surface area contributed by atoms with Gasteiger partial charge in [0.1, 0.15) is 24.2 Å². The Balaban J connectivity index is 1.69. The van der Waals surface area contributed by atoms with E-state index in [1.54, 1.807) is 0 Å². The van der Waals surface area contributed by atoms with E-state index >= 15 is 0 Å². The van der Waals surface area contributed by atoms with E-state index in [4.69, 9.17) is 20.3 Å². The van der Waals surface area contributed by atoms with Crippen LogP contribution < -0.4 is 5.73 Å². The van der Waals surface area contributed by atoms with E-state index < -0.39 is 40.7 Å². The molecular formula is C10H15N5O9P2. The lowest BCUT2D eigenvalue weighted by Gasteiger charge is -2.18. The van der Waals surface area contributed by atoms with Crippen molar-refractivity contribution in [3.8, 4) is 0 Å². The van der Waals surface area contributed by atoms with E-state index in [-0.39, 0.29) is 12.2 Å². The van der Waals surface area contributed by atoms with Gasteiger partial charge < -0.3 is 30.3 Å². The number of phosphoric acid groups is 2. The summed E-state index contributed by atoms with van der Waals surface area (Å²) in [4.78, 5) is 38.3. The molecule has 0 bridgehead atoms. The van der Waals surface area contributed by atoms with Crippen LogP contribution in [0.5, 0.6) is 0 Å². The first-order valence-electron chi connectivity index (χ1n) is 7.06. The Labute approximate surface area is 145 Å². The van der Waals surface area contributed by atoms with Gasteiger partial charge >= 0.3 is 15.6 Å². The number of ether oxygens (including phenoxy) is 1. The van der Waals surface area contributed by atoms with Gasteiger partial charge in [-0.05, 0) is 0 Å². The molecule has 1 unspecified atom stereocenters. The molecule has 16 heteroatoms.